The van der Waals surface area contributed by atoms with Crippen LogP contribution in [0.2, 0.25) is 0 Å². The molecule has 1 amide bonds. The Morgan fingerprint density at radius 3 is 2.07 bits per heavy atom. The third-order valence-corrected chi connectivity index (χ3v) is 4.80. The number of nitro groups is 1. The summed E-state index contributed by atoms with van der Waals surface area (Å²) < 4.78 is 10.6. The van der Waals surface area contributed by atoms with E-state index in [0.29, 0.717) is 18.7 Å². The normalized spacial score (nSPS) is 14.6. The summed E-state index contributed by atoms with van der Waals surface area (Å²) in [4.78, 5) is 26.9. The molecule has 0 unspecified atom stereocenters. The van der Waals surface area contributed by atoms with Crippen molar-refractivity contribution in [3.05, 3.63) is 63.7 Å². The molecule has 8 heteroatoms. The monoisotopic (exact) mass is 385 g/mol. The molecule has 148 valence electrons. The lowest BCUT2D eigenvalue weighted by Gasteiger charge is -2.34. The Morgan fingerprint density at radius 2 is 1.57 bits per heavy atom. The standard InChI is InChI=1S/C20H23N3O5/c1-27-18-11-15(12-19(13-18)28-2)14-21-7-9-22(10-8-21)20(24)16-3-5-17(6-4-16)23(25)26/h3-6,11-13H,7-10,14H2,1-2H3. The van der Waals surface area contributed by atoms with Gasteiger partial charge in [-0.15, -0.1) is 0 Å². The Labute approximate surface area is 163 Å². The molecule has 28 heavy (non-hydrogen) atoms. The second-order valence-electron chi connectivity index (χ2n) is 6.59. The highest BCUT2D eigenvalue weighted by Crippen LogP contribution is 2.24. The Morgan fingerprint density at radius 1 is 1.00 bits per heavy atom. The molecule has 0 bridgehead atoms. The summed E-state index contributed by atoms with van der Waals surface area (Å²) in [5.41, 5.74) is 1.54. The summed E-state index contributed by atoms with van der Waals surface area (Å²) in [6.07, 6.45) is 0. The van der Waals surface area contributed by atoms with Gasteiger partial charge in [-0.1, -0.05) is 0 Å². The van der Waals surface area contributed by atoms with Crippen LogP contribution in [0.4, 0.5) is 5.69 Å². The first-order chi connectivity index (χ1) is 13.5. The van der Waals surface area contributed by atoms with Crippen LogP contribution in [0.3, 0.4) is 0 Å². The van der Waals surface area contributed by atoms with E-state index in [-0.39, 0.29) is 11.6 Å². The zero-order chi connectivity index (χ0) is 20.1. The molecule has 0 atom stereocenters. The van der Waals surface area contributed by atoms with Gasteiger partial charge in [-0.2, -0.15) is 0 Å². The molecule has 1 saturated heterocycles. The van der Waals surface area contributed by atoms with Gasteiger partial charge in [0, 0.05) is 56.5 Å². The van der Waals surface area contributed by atoms with E-state index in [1.54, 1.807) is 19.1 Å². The van der Waals surface area contributed by atoms with Gasteiger partial charge in [0.15, 0.2) is 0 Å². The molecule has 1 aliphatic heterocycles. The Hall–Kier alpha value is -3.13. The van der Waals surface area contributed by atoms with Crippen molar-refractivity contribution in [1.82, 2.24) is 9.80 Å². The number of nitrogens with zero attached hydrogens (tertiary/aromatic N) is 3. The van der Waals surface area contributed by atoms with E-state index in [2.05, 4.69) is 4.90 Å². The topological polar surface area (TPSA) is 85.2 Å². The van der Waals surface area contributed by atoms with Gasteiger partial charge in [0.05, 0.1) is 19.1 Å². The van der Waals surface area contributed by atoms with Crippen molar-refractivity contribution in [3.8, 4) is 11.5 Å². The number of carbonyl (C=O) groups is 1. The molecular formula is C20H23N3O5. The maximum absolute atomic E-state index is 12.6. The molecule has 8 nitrogen and oxygen atoms in total. The summed E-state index contributed by atoms with van der Waals surface area (Å²) in [6.45, 7) is 3.46. The van der Waals surface area contributed by atoms with Crippen molar-refractivity contribution in [2.45, 2.75) is 6.54 Å². The van der Waals surface area contributed by atoms with Crippen LogP contribution in [-0.4, -0.2) is 61.0 Å². The SMILES string of the molecule is COc1cc(CN2CCN(C(=O)c3ccc([N+](=O)[O-])cc3)CC2)cc(OC)c1. The van der Waals surface area contributed by atoms with E-state index < -0.39 is 4.92 Å². The number of non-ortho nitro benzene ring substituents is 1. The number of hydrogen-bond acceptors (Lipinski definition) is 6. The minimum atomic E-state index is -0.472. The highest BCUT2D eigenvalue weighted by Gasteiger charge is 2.23. The maximum atomic E-state index is 12.6. The number of piperazine rings is 1. The van der Waals surface area contributed by atoms with E-state index in [0.717, 1.165) is 36.7 Å². The number of ether oxygens (including phenoxy) is 2. The van der Waals surface area contributed by atoms with E-state index in [1.165, 1.54) is 24.3 Å². The predicted molar refractivity (Wildman–Crippen MR) is 104 cm³/mol. The van der Waals surface area contributed by atoms with Crippen LogP contribution in [0.1, 0.15) is 15.9 Å². The molecule has 0 N–H and O–H groups in total. The van der Waals surface area contributed by atoms with Crippen molar-refractivity contribution in [1.29, 1.82) is 0 Å². The van der Waals surface area contributed by atoms with E-state index >= 15 is 0 Å². The second-order valence-corrected chi connectivity index (χ2v) is 6.59. The van der Waals surface area contributed by atoms with Crippen LogP contribution in [0, 0.1) is 10.1 Å². The molecule has 0 aliphatic carbocycles. The number of benzene rings is 2. The number of amides is 1. The fraction of sp³-hybridized carbons (Fsp3) is 0.350. The lowest BCUT2D eigenvalue weighted by molar-refractivity contribution is -0.384. The van der Waals surface area contributed by atoms with Gasteiger partial charge in [0.1, 0.15) is 11.5 Å². The van der Waals surface area contributed by atoms with E-state index in [4.69, 9.17) is 9.47 Å². The number of carbonyl (C=O) groups excluding carboxylic acids is 1. The number of methoxy groups -OCH3 is 2. The van der Waals surface area contributed by atoms with Crippen LogP contribution < -0.4 is 9.47 Å². The molecule has 1 heterocycles. The van der Waals surface area contributed by atoms with Crippen molar-refractivity contribution in [2.75, 3.05) is 40.4 Å². The molecule has 0 aromatic heterocycles. The average molecular weight is 385 g/mol. The largest absolute Gasteiger partial charge is 0.497 e. The molecule has 3 rings (SSSR count). The highest BCUT2D eigenvalue weighted by atomic mass is 16.6. The lowest BCUT2D eigenvalue weighted by atomic mass is 10.1. The quantitative estimate of drug-likeness (QED) is 0.561. The predicted octanol–water partition coefficient (Wildman–Crippen LogP) is 2.57. The fourth-order valence-corrected chi connectivity index (χ4v) is 3.23. The molecule has 1 fully saturated rings. The third-order valence-electron chi connectivity index (χ3n) is 4.80. The molecular weight excluding hydrogens is 362 g/mol. The van der Waals surface area contributed by atoms with Crippen LogP contribution in [-0.2, 0) is 6.54 Å². The Bertz CT molecular complexity index is 823. The average Bonchev–Trinajstić information content (AvgIpc) is 2.73. The van der Waals surface area contributed by atoms with Crippen molar-refractivity contribution in [3.63, 3.8) is 0 Å². The van der Waals surface area contributed by atoms with Crippen molar-refractivity contribution in [2.24, 2.45) is 0 Å². The van der Waals surface area contributed by atoms with Crippen molar-refractivity contribution < 1.29 is 19.2 Å². The van der Waals surface area contributed by atoms with Gasteiger partial charge in [0.2, 0.25) is 0 Å². The van der Waals surface area contributed by atoms with Gasteiger partial charge < -0.3 is 14.4 Å². The molecule has 1 aliphatic rings. The minimum Gasteiger partial charge on any atom is -0.497 e. The number of nitro benzene ring substituents is 1. The zero-order valence-electron chi connectivity index (χ0n) is 16.0. The van der Waals surface area contributed by atoms with E-state index in [9.17, 15) is 14.9 Å². The summed E-state index contributed by atoms with van der Waals surface area (Å²) in [5, 5.41) is 10.7. The first-order valence-electron chi connectivity index (χ1n) is 8.98. The molecule has 0 radical (unpaired) electrons. The maximum Gasteiger partial charge on any atom is 0.269 e. The first-order valence-corrected chi connectivity index (χ1v) is 8.98. The summed E-state index contributed by atoms with van der Waals surface area (Å²) in [5.74, 6) is 1.40. The first kappa shape index (κ1) is 19.6. The fourth-order valence-electron chi connectivity index (χ4n) is 3.23. The van der Waals surface area contributed by atoms with Crippen LogP contribution >= 0.6 is 0 Å². The summed E-state index contributed by atoms with van der Waals surface area (Å²) in [7, 11) is 3.25. The van der Waals surface area contributed by atoms with Gasteiger partial charge in [-0.05, 0) is 29.8 Å². The summed E-state index contributed by atoms with van der Waals surface area (Å²) >= 11 is 0. The molecule has 2 aromatic rings. The minimum absolute atomic E-state index is 0.0184. The number of rotatable bonds is 6. The Kier molecular flexibility index (Phi) is 6.10. The molecule has 0 saturated carbocycles. The zero-order valence-corrected chi connectivity index (χ0v) is 16.0. The molecule has 2 aromatic carbocycles. The van der Waals surface area contributed by atoms with E-state index in [1.807, 2.05) is 18.2 Å². The van der Waals surface area contributed by atoms with Crippen LogP contribution in [0.25, 0.3) is 0 Å². The van der Waals surface area contributed by atoms with Gasteiger partial charge in [0.25, 0.3) is 11.6 Å². The van der Waals surface area contributed by atoms with Gasteiger partial charge >= 0.3 is 0 Å². The van der Waals surface area contributed by atoms with Gasteiger partial charge in [-0.25, -0.2) is 0 Å². The second kappa shape index (κ2) is 8.71. The van der Waals surface area contributed by atoms with Crippen LogP contribution in [0.15, 0.2) is 42.5 Å². The molecule has 0 spiro atoms. The summed E-state index contributed by atoms with van der Waals surface area (Å²) in [6, 6.07) is 11.5. The smallest absolute Gasteiger partial charge is 0.269 e. The highest BCUT2D eigenvalue weighted by molar-refractivity contribution is 5.94. The lowest BCUT2D eigenvalue weighted by Crippen LogP contribution is -2.48. The Balaban J connectivity index is 1.58. The third kappa shape index (κ3) is 4.58. The van der Waals surface area contributed by atoms with Crippen LogP contribution in [0.5, 0.6) is 11.5 Å². The number of hydrogen-bond donors (Lipinski definition) is 0. The van der Waals surface area contributed by atoms with Crippen molar-refractivity contribution >= 4 is 11.6 Å². The van der Waals surface area contributed by atoms with Gasteiger partial charge in [-0.3, -0.25) is 19.8 Å².